The van der Waals surface area contributed by atoms with E-state index in [-0.39, 0.29) is 5.91 Å². The van der Waals surface area contributed by atoms with Crippen molar-refractivity contribution in [1.82, 2.24) is 14.9 Å². The molecule has 5 heteroatoms. The Kier molecular flexibility index (Phi) is 4.04. The maximum Gasteiger partial charge on any atom is 0.289 e. The highest BCUT2D eigenvalue weighted by atomic mass is 32.2. The molecule has 2 aromatic rings. The zero-order valence-corrected chi connectivity index (χ0v) is 11.2. The number of amides is 1. The number of nitrogens with zero attached hydrogens (tertiary/aromatic N) is 2. The number of rotatable bonds is 4. The number of H-pyrrole nitrogens is 1. The summed E-state index contributed by atoms with van der Waals surface area (Å²) in [6.07, 6.45) is 5.27. The standard InChI is InChI=1S/C13H15N3OS/c1-16(13(17)12-14-6-7-15-12)9-10-4-3-5-11(8-10)18-2/h3-8H,9H2,1-2H3,(H,14,15). The number of carbonyl (C=O) groups excluding carboxylic acids is 1. The number of imidazole rings is 1. The van der Waals surface area contributed by atoms with E-state index in [0.717, 1.165) is 5.56 Å². The quantitative estimate of drug-likeness (QED) is 0.860. The number of aromatic nitrogens is 2. The second-order valence-electron chi connectivity index (χ2n) is 3.95. The van der Waals surface area contributed by atoms with Gasteiger partial charge >= 0.3 is 0 Å². The summed E-state index contributed by atoms with van der Waals surface area (Å²) in [6.45, 7) is 0.577. The zero-order chi connectivity index (χ0) is 13.0. The van der Waals surface area contributed by atoms with Crippen LogP contribution >= 0.6 is 11.8 Å². The Morgan fingerprint density at radius 2 is 2.33 bits per heavy atom. The summed E-state index contributed by atoms with van der Waals surface area (Å²) >= 11 is 1.69. The van der Waals surface area contributed by atoms with Gasteiger partial charge in [0.1, 0.15) is 0 Å². The van der Waals surface area contributed by atoms with Crippen molar-refractivity contribution in [2.75, 3.05) is 13.3 Å². The Labute approximate surface area is 110 Å². The maximum atomic E-state index is 12.0. The van der Waals surface area contributed by atoms with Crippen molar-refractivity contribution in [2.45, 2.75) is 11.4 Å². The molecular formula is C13H15N3OS. The molecule has 0 aliphatic heterocycles. The predicted molar refractivity (Wildman–Crippen MR) is 72.6 cm³/mol. The van der Waals surface area contributed by atoms with E-state index in [1.165, 1.54) is 4.90 Å². The van der Waals surface area contributed by atoms with E-state index < -0.39 is 0 Å². The summed E-state index contributed by atoms with van der Waals surface area (Å²) in [4.78, 5) is 21.6. The van der Waals surface area contributed by atoms with Crippen molar-refractivity contribution in [3.8, 4) is 0 Å². The van der Waals surface area contributed by atoms with Crippen LogP contribution in [0.3, 0.4) is 0 Å². The number of hydrogen-bond acceptors (Lipinski definition) is 3. The Morgan fingerprint density at radius 3 is 3.00 bits per heavy atom. The van der Waals surface area contributed by atoms with Gasteiger partial charge < -0.3 is 9.88 Å². The highest BCUT2D eigenvalue weighted by molar-refractivity contribution is 7.98. The summed E-state index contributed by atoms with van der Waals surface area (Å²) < 4.78 is 0. The normalized spacial score (nSPS) is 10.3. The van der Waals surface area contributed by atoms with Gasteiger partial charge in [0.15, 0.2) is 5.82 Å². The van der Waals surface area contributed by atoms with Gasteiger partial charge in [-0.2, -0.15) is 0 Å². The molecule has 0 saturated heterocycles. The Morgan fingerprint density at radius 1 is 1.50 bits per heavy atom. The van der Waals surface area contributed by atoms with Crippen molar-refractivity contribution in [2.24, 2.45) is 0 Å². The van der Waals surface area contributed by atoms with Crippen LogP contribution in [0.5, 0.6) is 0 Å². The monoisotopic (exact) mass is 261 g/mol. The third-order valence-corrected chi connectivity index (χ3v) is 3.33. The number of hydrogen-bond donors (Lipinski definition) is 1. The average molecular weight is 261 g/mol. The number of thioether (sulfide) groups is 1. The summed E-state index contributed by atoms with van der Waals surface area (Å²) in [5.41, 5.74) is 1.12. The number of benzene rings is 1. The molecule has 1 aromatic carbocycles. The fourth-order valence-corrected chi connectivity index (χ4v) is 2.16. The van der Waals surface area contributed by atoms with Crippen LogP contribution in [0.1, 0.15) is 16.2 Å². The molecule has 0 aliphatic rings. The Hall–Kier alpha value is -1.75. The minimum atomic E-state index is -0.102. The van der Waals surface area contributed by atoms with Crippen molar-refractivity contribution in [3.05, 3.63) is 48.0 Å². The summed E-state index contributed by atoms with van der Waals surface area (Å²) in [7, 11) is 1.77. The third kappa shape index (κ3) is 2.92. The molecule has 1 heterocycles. The van der Waals surface area contributed by atoms with E-state index in [9.17, 15) is 4.79 Å². The second-order valence-corrected chi connectivity index (χ2v) is 4.83. The molecule has 0 spiro atoms. The zero-order valence-electron chi connectivity index (χ0n) is 10.4. The van der Waals surface area contributed by atoms with Gasteiger partial charge in [-0.15, -0.1) is 11.8 Å². The molecule has 1 amide bonds. The average Bonchev–Trinajstić information content (AvgIpc) is 2.92. The van der Waals surface area contributed by atoms with Crippen molar-refractivity contribution >= 4 is 17.7 Å². The number of aromatic amines is 1. The second kappa shape index (κ2) is 5.73. The summed E-state index contributed by atoms with van der Waals surface area (Å²) in [6, 6.07) is 8.18. The lowest BCUT2D eigenvalue weighted by molar-refractivity contribution is 0.0774. The van der Waals surface area contributed by atoms with E-state index in [4.69, 9.17) is 0 Å². The van der Waals surface area contributed by atoms with Crippen molar-refractivity contribution in [3.63, 3.8) is 0 Å². The predicted octanol–water partition coefficient (Wildman–Crippen LogP) is 2.40. The van der Waals surface area contributed by atoms with Crippen LogP contribution in [0.4, 0.5) is 0 Å². The van der Waals surface area contributed by atoms with Crippen LogP contribution in [-0.2, 0) is 6.54 Å². The van der Waals surface area contributed by atoms with Crippen LogP contribution in [-0.4, -0.2) is 34.1 Å². The Bertz CT molecular complexity index is 525. The minimum Gasteiger partial charge on any atom is -0.341 e. The van der Waals surface area contributed by atoms with Crippen LogP contribution in [0.25, 0.3) is 0 Å². The first kappa shape index (κ1) is 12.7. The van der Waals surface area contributed by atoms with Gasteiger partial charge in [0, 0.05) is 30.9 Å². The van der Waals surface area contributed by atoms with E-state index in [2.05, 4.69) is 22.1 Å². The molecule has 0 fully saturated rings. The minimum absolute atomic E-state index is 0.102. The van der Waals surface area contributed by atoms with Crippen molar-refractivity contribution < 1.29 is 4.79 Å². The molecule has 94 valence electrons. The molecule has 0 radical (unpaired) electrons. The number of nitrogens with one attached hydrogen (secondary N) is 1. The Balaban J connectivity index is 2.06. The van der Waals surface area contributed by atoms with E-state index >= 15 is 0 Å². The summed E-state index contributed by atoms with van der Waals surface area (Å²) in [5.74, 6) is 0.271. The van der Waals surface area contributed by atoms with E-state index in [0.29, 0.717) is 12.4 Å². The highest BCUT2D eigenvalue weighted by Gasteiger charge is 2.13. The fraction of sp³-hybridized carbons (Fsp3) is 0.231. The number of carbonyl (C=O) groups is 1. The van der Waals surface area contributed by atoms with Crippen molar-refractivity contribution in [1.29, 1.82) is 0 Å². The lowest BCUT2D eigenvalue weighted by Gasteiger charge is -2.16. The van der Waals surface area contributed by atoms with Gasteiger partial charge in [-0.3, -0.25) is 4.79 Å². The maximum absolute atomic E-state index is 12.0. The highest BCUT2D eigenvalue weighted by Crippen LogP contribution is 2.17. The molecule has 0 saturated carbocycles. The van der Waals surface area contributed by atoms with Gasteiger partial charge in [0.05, 0.1) is 0 Å². The molecule has 1 aromatic heterocycles. The smallest absolute Gasteiger partial charge is 0.289 e. The molecule has 0 aliphatic carbocycles. The fourth-order valence-electron chi connectivity index (χ4n) is 1.68. The van der Waals surface area contributed by atoms with Crippen LogP contribution < -0.4 is 0 Å². The lowest BCUT2D eigenvalue weighted by Crippen LogP contribution is -2.27. The van der Waals surface area contributed by atoms with Gasteiger partial charge in [-0.1, -0.05) is 12.1 Å². The molecular weight excluding hydrogens is 246 g/mol. The van der Waals surface area contributed by atoms with Crippen LogP contribution in [0.2, 0.25) is 0 Å². The first-order chi connectivity index (χ1) is 8.70. The first-order valence-corrected chi connectivity index (χ1v) is 6.81. The molecule has 4 nitrogen and oxygen atoms in total. The largest absolute Gasteiger partial charge is 0.341 e. The van der Waals surface area contributed by atoms with Crippen LogP contribution in [0.15, 0.2) is 41.6 Å². The van der Waals surface area contributed by atoms with Gasteiger partial charge in [-0.25, -0.2) is 4.98 Å². The topological polar surface area (TPSA) is 49.0 Å². The van der Waals surface area contributed by atoms with Gasteiger partial charge in [0.25, 0.3) is 5.91 Å². The van der Waals surface area contributed by atoms with Gasteiger partial charge in [0.2, 0.25) is 0 Å². The molecule has 2 rings (SSSR count). The SMILES string of the molecule is CSc1cccc(CN(C)C(=O)c2ncc[nH]2)c1. The molecule has 18 heavy (non-hydrogen) atoms. The molecule has 1 N–H and O–H groups in total. The third-order valence-electron chi connectivity index (χ3n) is 2.60. The molecule has 0 atom stereocenters. The first-order valence-electron chi connectivity index (χ1n) is 5.58. The van der Waals surface area contributed by atoms with Crippen LogP contribution in [0, 0.1) is 0 Å². The lowest BCUT2D eigenvalue weighted by atomic mass is 10.2. The van der Waals surface area contributed by atoms with Gasteiger partial charge in [-0.05, 0) is 24.0 Å². The molecule has 0 bridgehead atoms. The van der Waals surface area contributed by atoms with E-state index in [1.54, 1.807) is 36.1 Å². The van der Waals surface area contributed by atoms with E-state index in [1.807, 2.05) is 18.4 Å². The summed E-state index contributed by atoms with van der Waals surface area (Å²) in [5, 5.41) is 0. The molecule has 0 unspecified atom stereocenters.